The standard InChI is InChI=1S/C17H18FN.2C2H6/c1-5-13-14(6-2)17(19(18)16(13)7-3)15-11-9-8-10-12(15)4;2*1-2/h5,7-11H,1,3,6H2,2,4H3;2*1-2H3. The molecule has 0 spiro atoms. The van der Waals surface area contributed by atoms with Crippen molar-refractivity contribution in [3.05, 3.63) is 59.8 Å². The van der Waals surface area contributed by atoms with Crippen LogP contribution in [0.15, 0.2) is 37.4 Å². The molecule has 0 aliphatic rings. The average molecular weight is 315 g/mol. The van der Waals surface area contributed by atoms with Crippen molar-refractivity contribution in [1.82, 2.24) is 4.79 Å². The van der Waals surface area contributed by atoms with Gasteiger partial charge in [0.25, 0.3) is 0 Å². The molecule has 0 bridgehead atoms. The summed E-state index contributed by atoms with van der Waals surface area (Å²) >= 11 is 0. The lowest BCUT2D eigenvalue weighted by Crippen LogP contribution is -1.93. The monoisotopic (exact) mass is 315 g/mol. The Morgan fingerprint density at radius 2 is 1.61 bits per heavy atom. The maximum absolute atomic E-state index is 14.6. The summed E-state index contributed by atoms with van der Waals surface area (Å²) in [5, 5.41) is 0. The van der Waals surface area contributed by atoms with Crippen LogP contribution in [0.2, 0.25) is 0 Å². The highest BCUT2D eigenvalue weighted by Gasteiger charge is 2.20. The summed E-state index contributed by atoms with van der Waals surface area (Å²) in [6.07, 6.45) is 3.99. The first kappa shape index (κ1) is 20.9. The van der Waals surface area contributed by atoms with Gasteiger partial charge < -0.3 is 0 Å². The Morgan fingerprint density at radius 3 is 2.04 bits per heavy atom. The first-order chi connectivity index (χ1) is 11.2. The van der Waals surface area contributed by atoms with Gasteiger partial charge in [-0.25, -0.2) is 0 Å². The van der Waals surface area contributed by atoms with E-state index in [-0.39, 0.29) is 0 Å². The van der Waals surface area contributed by atoms with Gasteiger partial charge in [0.1, 0.15) is 0 Å². The molecule has 0 saturated carbocycles. The lowest BCUT2D eigenvalue weighted by Gasteiger charge is -2.08. The molecule has 0 atom stereocenters. The van der Waals surface area contributed by atoms with E-state index in [0.717, 1.165) is 33.5 Å². The SMILES string of the molecule is C=Cc1c(CC)c(-c2ccccc2C)n(F)c1C=C.CC.CC. The van der Waals surface area contributed by atoms with Gasteiger partial charge in [-0.15, -0.1) is 0 Å². The van der Waals surface area contributed by atoms with Crippen molar-refractivity contribution in [2.24, 2.45) is 0 Å². The van der Waals surface area contributed by atoms with Crippen LogP contribution in [0, 0.1) is 6.92 Å². The minimum Gasteiger partial charge on any atom is -0.178 e. The molecule has 0 N–H and O–H groups in total. The molecule has 0 aliphatic carbocycles. The van der Waals surface area contributed by atoms with E-state index < -0.39 is 0 Å². The molecule has 126 valence electrons. The van der Waals surface area contributed by atoms with E-state index in [4.69, 9.17) is 0 Å². The normalized spacial score (nSPS) is 9.17. The highest BCUT2D eigenvalue weighted by Crippen LogP contribution is 2.35. The van der Waals surface area contributed by atoms with Crippen LogP contribution in [0.5, 0.6) is 0 Å². The quantitative estimate of drug-likeness (QED) is 0.567. The van der Waals surface area contributed by atoms with Crippen LogP contribution >= 0.6 is 0 Å². The van der Waals surface area contributed by atoms with E-state index in [2.05, 4.69) is 13.2 Å². The maximum Gasteiger partial charge on any atom is 0.0860 e. The van der Waals surface area contributed by atoms with Crippen molar-refractivity contribution in [1.29, 1.82) is 0 Å². The summed E-state index contributed by atoms with van der Waals surface area (Å²) in [4.78, 5) is 0.727. The number of aromatic nitrogens is 1. The summed E-state index contributed by atoms with van der Waals surface area (Å²) in [5.41, 5.74) is 4.87. The minimum atomic E-state index is 0.477. The van der Waals surface area contributed by atoms with Crippen LogP contribution in [0.1, 0.15) is 57.0 Å². The van der Waals surface area contributed by atoms with E-state index in [1.165, 1.54) is 6.08 Å². The highest BCUT2D eigenvalue weighted by atomic mass is 19.2. The van der Waals surface area contributed by atoms with Crippen LogP contribution in [0.4, 0.5) is 4.48 Å². The zero-order chi connectivity index (χ0) is 18.0. The van der Waals surface area contributed by atoms with Gasteiger partial charge in [0.15, 0.2) is 0 Å². The third-order valence-electron chi connectivity index (χ3n) is 3.45. The molecule has 1 aromatic heterocycles. The Balaban J connectivity index is 0.00000112. The summed E-state index contributed by atoms with van der Waals surface area (Å²) < 4.78 is 14.6. The number of halogens is 1. The summed E-state index contributed by atoms with van der Waals surface area (Å²) in [7, 11) is 0. The molecule has 2 aromatic rings. The molecule has 0 aliphatic heterocycles. The number of aryl methyl sites for hydroxylation is 1. The van der Waals surface area contributed by atoms with Crippen molar-refractivity contribution in [3.63, 3.8) is 0 Å². The van der Waals surface area contributed by atoms with Gasteiger partial charge in [-0.1, -0.05) is 82.6 Å². The highest BCUT2D eigenvalue weighted by molar-refractivity contribution is 5.78. The Hall–Kier alpha value is -2.09. The molecular weight excluding hydrogens is 285 g/mol. The zero-order valence-corrected chi connectivity index (χ0v) is 15.4. The van der Waals surface area contributed by atoms with Gasteiger partial charge in [-0.2, -0.15) is 4.79 Å². The fourth-order valence-electron chi connectivity index (χ4n) is 2.51. The molecule has 0 amide bonds. The van der Waals surface area contributed by atoms with Crippen LogP contribution < -0.4 is 0 Å². The Bertz CT molecular complexity index is 636. The number of hydrogen-bond acceptors (Lipinski definition) is 0. The van der Waals surface area contributed by atoms with Gasteiger partial charge in [-0.05, 0) is 30.5 Å². The lowest BCUT2D eigenvalue weighted by atomic mass is 9.99. The first-order valence-corrected chi connectivity index (χ1v) is 8.40. The predicted molar refractivity (Wildman–Crippen MR) is 103 cm³/mol. The fraction of sp³-hybridized carbons (Fsp3) is 0.333. The van der Waals surface area contributed by atoms with Gasteiger partial charge in [-0.3, -0.25) is 0 Å². The second-order valence-corrected chi connectivity index (χ2v) is 4.48. The Morgan fingerprint density at radius 1 is 1.04 bits per heavy atom. The minimum absolute atomic E-state index is 0.477. The number of nitrogens with zero attached hydrogens (tertiary/aromatic N) is 1. The molecule has 0 radical (unpaired) electrons. The Labute approximate surface area is 141 Å². The molecule has 0 saturated heterocycles. The van der Waals surface area contributed by atoms with Crippen LogP contribution in [0.3, 0.4) is 0 Å². The van der Waals surface area contributed by atoms with Gasteiger partial charge in [0.05, 0.1) is 11.4 Å². The van der Waals surface area contributed by atoms with Crippen LogP contribution in [-0.4, -0.2) is 4.79 Å². The third-order valence-corrected chi connectivity index (χ3v) is 3.45. The van der Waals surface area contributed by atoms with Crippen LogP contribution in [0.25, 0.3) is 23.4 Å². The number of hydrogen-bond donors (Lipinski definition) is 0. The zero-order valence-electron chi connectivity index (χ0n) is 15.4. The molecule has 2 heteroatoms. The van der Waals surface area contributed by atoms with Crippen molar-refractivity contribution >= 4 is 12.2 Å². The summed E-state index contributed by atoms with van der Waals surface area (Å²) in [5.74, 6) is 0. The number of benzene rings is 1. The van der Waals surface area contributed by atoms with E-state index >= 15 is 0 Å². The molecule has 1 heterocycles. The van der Waals surface area contributed by atoms with Crippen molar-refractivity contribution in [3.8, 4) is 11.3 Å². The molecule has 1 aromatic carbocycles. The maximum atomic E-state index is 14.6. The summed E-state index contributed by atoms with van der Waals surface area (Å²) in [6, 6.07) is 7.82. The molecule has 23 heavy (non-hydrogen) atoms. The third kappa shape index (κ3) is 4.22. The van der Waals surface area contributed by atoms with Crippen molar-refractivity contribution < 1.29 is 4.48 Å². The Kier molecular flexibility index (Phi) is 9.64. The van der Waals surface area contributed by atoms with Gasteiger partial charge in [0, 0.05) is 11.1 Å². The lowest BCUT2D eigenvalue weighted by molar-refractivity contribution is 0.373. The fourth-order valence-corrected chi connectivity index (χ4v) is 2.51. The van der Waals surface area contributed by atoms with Crippen LogP contribution in [-0.2, 0) is 6.42 Å². The second-order valence-electron chi connectivity index (χ2n) is 4.48. The van der Waals surface area contributed by atoms with E-state index in [1.54, 1.807) is 6.08 Å². The van der Waals surface area contributed by atoms with Crippen molar-refractivity contribution in [2.45, 2.75) is 48.0 Å². The first-order valence-electron chi connectivity index (χ1n) is 8.40. The predicted octanol–water partition coefficient (Wildman–Crippen LogP) is 7.10. The molecule has 2 rings (SSSR count). The van der Waals surface area contributed by atoms with E-state index in [9.17, 15) is 4.48 Å². The molecule has 1 nitrogen and oxygen atoms in total. The second kappa shape index (κ2) is 10.6. The smallest absolute Gasteiger partial charge is 0.0860 e. The number of rotatable bonds is 4. The van der Waals surface area contributed by atoms with Crippen molar-refractivity contribution in [2.75, 3.05) is 0 Å². The molecular formula is C21H30FN. The molecule has 0 fully saturated rings. The van der Waals surface area contributed by atoms with E-state index in [0.29, 0.717) is 11.4 Å². The summed E-state index contributed by atoms with van der Waals surface area (Å²) in [6.45, 7) is 19.5. The van der Waals surface area contributed by atoms with E-state index in [1.807, 2.05) is 65.8 Å². The van der Waals surface area contributed by atoms with Gasteiger partial charge >= 0.3 is 0 Å². The topological polar surface area (TPSA) is 4.93 Å². The average Bonchev–Trinajstić information content (AvgIpc) is 2.89. The largest absolute Gasteiger partial charge is 0.178 e. The molecule has 0 unspecified atom stereocenters. The van der Waals surface area contributed by atoms with Gasteiger partial charge in [0.2, 0.25) is 0 Å².